The van der Waals surface area contributed by atoms with Crippen molar-refractivity contribution in [3.63, 3.8) is 0 Å². The van der Waals surface area contributed by atoms with Crippen LogP contribution in [-0.4, -0.2) is 22.3 Å². The fourth-order valence-corrected chi connectivity index (χ4v) is 1.74. The van der Waals surface area contributed by atoms with E-state index in [9.17, 15) is 4.21 Å². The summed E-state index contributed by atoms with van der Waals surface area (Å²) in [5.41, 5.74) is 0.759. The van der Waals surface area contributed by atoms with Gasteiger partial charge in [-0.3, -0.25) is 0 Å². The van der Waals surface area contributed by atoms with Crippen LogP contribution >= 0.6 is 11.6 Å². The molecule has 0 amide bonds. The van der Waals surface area contributed by atoms with Gasteiger partial charge in [-0.2, -0.15) is 4.40 Å². The standard InChI is InChI=1S/C12H16ClNO2S/c1-12(2,3)17(15)14-8-9-5-6-10(13)7-11(9)16-4/h5-8H,1-4H3/t17-/m1/s1. The molecule has 5 heteroatoms. The predicted molar refractivity (Wildman–Crippen MR) is 73.5 cm³/mol. The lowest BCUT2D eigenvalue weighted by Gasteiger charge is -2.13. The molecule has 1 atom stereocenters. The van der Waals surface area contributed by atoms with E-state index in [1.807, 2.05) is 20.8 Å². The minimum atomic E-state index is -1.27. The van der Waals surface area contributed by atoms with Crippen molar-refractivity contribution in [3.05, 3.63) is 28.8 Å². The van der Waals surface area contributed by atoms with Gasteiger partial charge < -0.3 is 4.74 Å². The number of rotatable bonds is 3. The van der Waals surface area contributed by atoms with E-state index in [4.69, 9.17) is 16.3 Å². The molecule has 0 saturated carbocycles. The summed E-state index contributed by atoms with van der Waals surface area (Å²) in [6.07, 6.45) is 1.55. The quantitative estimate of drug-likeness (QED) is 0.793. The molecule has 0 heterocycles. The Bertz CT molecular complexity index is 452. The monoisotopic (exact) mass is 273 g/mol. The smallest absolute Gasteiger partial charge is 0.144 e. The van der Waals surface area contributed by atoms with E-state index in [-0.39, 0.29) is 4.75 Å². The number of methoxy groups -OCH3 is 1. The van der Waals surface area contributed by atoms with Gasteiger partial charge in [0.05, 0.1) is 11.9 Å². The first kappa shape index (κ1) is 14.2. The summed E-state index contributed by atoms with van der Waals surface area (Å²) in [5, 5.41) is 0.593. The summed E-state index contributed by atoms with van der Waals surface area (Å²) < 4.78 is 20.6. The maximum absolute atomic E-state index is 11.8. The Balaban J connectivity index is 2.96. The summed E-state index contributed by atoms with van der Waals surface area (Å²) in [4.78, 5) is 0. The Morgan fingerprint density at radius 3 is 2.59 bits per heavy atom. The number of hydrogen-bond donors (Lipinski definition) is 0. The van der Waals surface area contributed by atoms with Gasteiger partial charge in [0, 0.05) is 16.8 Å². The van der Waals surface area contributed by atoms with Gasteiger partial charge >= 0.3 is 0 Å². The van der Waals surface area contributed by atoms with E-state index in [0.717, 1.165) is 5.56 Å². The molecule has 0 N–H and O–H groups in total. The van der Waals surface area contributed by atoms with E-state index in [2.05, 4.69) is 4.40 Å². The first-order valence-electron chi connectivity index (χ1n) is 5.14. The average molecular weight is 274 g/mol. The van der Waals surface area contributed by atoms with E-state index in [1.54, 1.807) is 31.5 Å². The van der Waals surface area contributed by atoms with Crippen molar-refractivity contribution >= 4 is 28.8 Å². The van der Waals surface area contributed by atoms with E-state index in [0.29, 0.717) is 10.8 Å². The molecule has 0 aliphatic heterocycles. The van der Waals surface area contributed by atoms with Crippen LogP contribution in [0, 0.1) is 0 Å². The molecule has 0 aliphatic rings. The molecule has 1 aromatic carbocycles. The van der Waals surface area contributed by atoms with Crippen LogP contribution in [0.2, 0.25) is 5.02 Å². The second kappa shape index (κ2) is 5.65. The summed E-state index contributed by atoms with van der Waals surface area (Å²) in [7, 11) is 0.287. The topological polar surface area (TPSA) is 38.7 Å². The maximum Gasteiger partial charge on any atom is 0.144 e. The van der Waals surface area contributed by atoms with Crippen LogP contribution < -0.4 is 4.74 Å². The first-order valence-corrected chi connectivity index (χ1v) is 6.62. The molecule has 1 aromatic rings. The lowest BCUT2D eigenvalue weighted by atomic mass is 10.2. The van der Waals surface area contributed by atoms with Crippen LogP contribution in [0.25, 0.3) is 0 Å². The Hall–Kier alpha value is -0.870. The van der Waals surface area contributed by atoms with E-state index in [1.165, 1.54) is 0 Å². The average Bonchev–Trinajstić information content (AvgIpc) is 2.25. The van der Waals surface area contributed by atoms with Crippen LogP contribution in [0.15, 0.2) is 22.6 Å². The molecule has 0 saturated heterocycles. The second-order valence-electron chi connectivity index (χ2n) is 4.48. The number of ether oxygens (including phenoxy) is 1. The molecule has 0 bridgehead atoms. The third kappa shape index (κ3) is 4.13. The highest BCUT2D eigenvalue weighted by Crippen LogP contribution is 2.22. The molecule has 94 valence electrons. The molecular weight excluding hydrogens is 258 g/mol. The van der Waals surface area contributed by atoms with Crippen LogP contribution in [-0.2, 0) is 11.0 Å². The third-order valence-electron chi connectivity index (χ3n) is 2.01. The zero-order valence-electron chi connectivity index (χ0n) is 10.4. The van der Waals surface area contributed by atoms with Gasteiger partial charge in [0.25, 0.3) is 0 Å². The molecule has 17 heavy (non-hydrogen) atoms. The molecule has 0 fully saturated rings. The molecule has 1 rings (SSSR count). The zero-order valence-corrected chi connectivity index (χ0v) is 11.9. The van der Waals surface area contributed by atoms with Crippen molar-refractivity contribution in [3.8, 4) is 5.75 Å². The summed E-state index contributed by atoms with van der Waals surface area (Å²) in [6, 6.07) is 5.22. The summed E-state index contributed by atoms with van der Waals surface area (Å²) >= 11 is 5.85. The highest BCUT2D eigenvalue weighted by atomic mass is 35.5. The van der Waals surface area contributed by atoms with Gasteiger partial charge in [-0.1, -0.05) is 11.6 Å². The molecule has 0 aromatic heterocycles. The van der Waals surface area contributed by atoms with Gasteiger partial charge in [0.2, 0.25) is 0 Å². The van der Waals surface area contributed by atoms with Crippen LogP contribution in [0.3, 0.4) is 0 Å². The molecule has 0 aliphatic carbocycles. The zero-order chi connectivity index (χ0) is 13.1. The summed E-state index contributed by atoms with van der Waals surface area (Å²) in [5.74, 6) is 0.618. The molecule has 0 unspecified atom stereocenters. The lowest BCUT2D eigenvalue weighted by Crippen LogP contribution is -2.19. The maximum atomic E-state index is 11.8. The highest BCUT2D eigenvalue weighted by Gasteiger charge is 2.18. The Morgan fingerprint density at radius 2 is 2.06 bits per heavy atom. The Labute approximate surface area is 109 Å². The Kier molecular flexibility index (Phi) is 4.71. The van der Waals surface area contributed by atoms with Gasteiger partial charge in [0.15, 0.2) is 0 Å². The number of halogens is 1. The van der Waals surface area contributed by atoms with E-state index < -0.39 is 11.0 Å². The lowest BCUT2D eigenvalue weighted by molar-refractivity contribution is 0.414. The molecule has 0 spiro atoms. The van der Waals surface area contributed by atoms with Crippen LogP contribution in [0.1, 0.15) is 26.3 Å². The normalized spacial score (nSPS) is 13.9. The number of nitrogens with zero attached hydrogens (tertiary/aromatic N) is 1. The van der Waals surface area contributed by atoms with Crippen LogP contribution in [0.5, 0.6) is 5.75 Å². The van der Waals surface area contributed by atoms with Gasteiger partial charge in [-0.05, 0) is 39.0 Å². The molecule has 0 radical (unpaired) electrons. The van der Waals surface area contributed by atoms with Crippen molar-refractivity contribution in [2.45, 2.75) is 25.5 Å². The van der Waals surface area contributed by atoms with Crippen molar-refractivity contribution in [2.24, 2.45) is 4.40 Å². The fraction of sp³-hybridized carbons (Fsp3) is 0.417. The summed E-state index contributed by atoms with van der Waals surface area (Å²) in [6.45, 7) is 5.62. The van der Waals surface area contributed by atoms with Crippen molar-refractivity contribution in [1.82, 2.24) is 0 Å². The minimum absolute atomic E-state index is 0.365. The largest absolute Gasteiger partial charge is 0.496 e. The molecule has 3 nitrogen and oxygen atoms in total. The minimum Gasteiger partial charge on any atom is -0.496 e. The predicted octanol–water partition coefficient (Wildman–Crippen LogP) is 3.23. The second-order valence-corrected chi connectivity index (χ2v) is 6.85. The van der Waals surface area contributed by atoms with Crippen molar-refractivity contribution in [1.29, 1.82) is 0 Å². The number of benzene rings is 1. The SMILES string of the molecule is COc1cc(Cl)ccc1C=N[S@](=O)C(C)(C)C. The highest BCUT2D eigenvalue weighted by molar-refractivity contribution is 7.85. The fourth-order valence-electron chi connectivity index (χ4n) is 1.05. The Morgan fingerprint density at radius 1 is 1.41 bits per heavy atom. The van der Waals surface area contributed by atoms with Crippen molar-refractivity contribution < 1.29 is 8.95 Å². The molecular formula is C12H16ClNO2S. The van der Waals surface area contributed by atoms with Gasteiger partial charge in [0.1, 0.15) is 16.7 Å². The van der Waals surface area contributed by atoms with Gasteiger partial charge in [-0.15, -0.1) is 0 Å². The van der Waals surface area contributed by atoms with Crippen LogP contribution in [0.4, 0.5) is 0 Å². The number of hydrogen-bond acceptors (Lipinski definition) is 2. The van der Waals surface area contributed by atoms with Crippen molar-refractivity contribution in [2.75, 3.05) is 7.11 Å². The van der Waals surface area contributed by atoms with Gasteiger partial charge in [-0.25, -0.2) is 4.21 Å². The van der Waals surface area contributed by atoms with E-state index >= 15 is 0 Å². The third-order valence-corrected chi connectivity index (χ3v) is 3.59. The first-order chi connectivity index (χ1) is 7.84.